The van der Waals surface area contributed by atoms with E-state index in [1.807, 2.05) is 6.92 Å². The molecule has 0 aliphatic heterocycles. The first-order valence-electron chi connectivity index (χ1n) is 5.66. The molecule has 0 aliphatic carbocycles. The highest BCUT2D eigenvalue weighted by atomic mass is 16.4. The standard InChI is InChI=1S/C14H15NO3/c1-3-8-15(9-4-2)13(16)11-6-5-7-12(10-11)14(17)18/h1,5-7,10H,4,8-9H2,2H3,(H,17,18). The molecule has 0 heterocycles. The van der Waals surface area contributed by atoms with Gasteiger partial charge in [0, 0.05) is 12.1 Å². The summed E-state index contributed by atoms with van der Waals surface area (Å²) in [5.41, 5.74) is 0.441. The zero-order valence-electron chi connectivity index (χ0n) is 10.2. The molecular formula is C14H15NO3. The van der Waals surface area contributed by atoms with Crippen molar-refractivity contribution >= 4 is 11.9 Å². The normalized spacial score (nSPS) is 9.56. The van der Waals surface area contributed by atoms with E-state index in [0.29, 0.717) is 12.1 Å². The van der Waals surface area contributed by atoms with Crippen LogP contribution >= 0.6 is 0 Å². The van der Waals surface area contributed by atoms with E-state index < -0.39 is 5.97 Å². The number of terminal acetylenes is 1. The molecule has 1 aromatic carbocycles. The Labute approximate surface area is 106 Å². The van der Waals surface area contributed by atoms with Crippen LogP contribution in [0.1, 0.15) is 34.1 Å². The molecule has 0 saturated heterocycles. The van der Waals surface area contributed by atoms with Crippen LogP contribution in [0.25, 0.3) is 0 Å². The number of carbonyl (C=O) groups is 2. The van der Waals surface area contributed by atoms with Gasteiger partial charge >= 0.3 is 5.97 Å². The molecule has 18 heavy (non-hydrogen) atoms. The van der Waals surface area contributed by atoms with Crippen LogP contribution in [0.3, 0.4) is 0 Å². The van der Waals surface area contributed by atoms with Crippen molar-refractivity contribution in [1.29, 1.82) is 0 Å². The van der Waals surface area contributed by atoms with Gasteiger partial charge in [0.25, 0.3) is 5.91 Å². The second-order valence-corrected chi connectivity index (χ2v) is 3.82. The Balaban J connectivity index is 2.97. The van der Waals surface area contributed by atoms with Crippen molar-refractivity contribution in [3.63, 3.8) is 0 Å². The van der Waals surface area contributed by atoms with E-state index in [2.05, 4.69) is 5.92 Å². The summed E-state index contributed by atoms with van der Waals surface area (Å²) in [6.45, 7) is 2.73. The van der Waals surface area contributed by atoms with Crippen LogP contribution in [-0.4, -0.2) is 35.0 Å². The number of carbonyl (C=O) groups excluding carboxylic acids is 1. The van der Waals surface area contributed by atoms with Crippen molar-refractivity contribution < 1.29 is 14.7 Å². The zero-order valence-corrected chi connectivity index (χ0v) is 10.2. The van der Waals surface area contributed by atoms with E-state index in [1.54, 1.807) is 12.1 Å². The number of aromatic carboxylic acids is 1. The van der Waals surface area contributed by atoms with Crippen LogP contribution in [0.5, 0.6) is 0 Å². The summed E-state index contributed by atoms with van der Waals surface area (Å²) in [7, 11) is 0. The first-order valence-corrected chi connectivity index (χ1v) is 5.66. The number of amides is 1. The maximum Gasteiger partial charge on any atom is 0.335 e. The second kappa shape index (κ2) is 6.45. The molecule has 4 nitrogen and oxygen atoms in total. The molecule has 0 unspecified atom stereocenters. The molecule has 94 valence electrons. The fourth-order valence-electron chi connectivity index (χ4n) is 1.60. The minimum atomic E-state index is -1.05. The van der Waals surface area contributed by atoms with Crippen molar-refractivity contribution in [2.24, 2.45) is 0 Å². The summed E-state index contributed by atoms with van der Waals surface area (Å²) in [4.78, 5) is 24.5. The lowest BCUT2D eigenvalue weighted by Crippen LogP contribution is -2.32. The lowest BCUT2D eigenvalue weighted by atomic mass is 10.1. The number of carboxylic acids is 1. The number of benzene rings is 1. The quantitative estimate of drug-likeness (QED) is 0.806. The average Bonchev–Trinajstić information content (AvgIpc) is 2.38. The maximum absolute atomic E-state index is 12.1. The monoisotopic (exact) mass is 245 g/mol. The zero-order chi connectivity index (χ0) is 13.5. The van der Waals surface area contributed by atoms with Gasteiger partial charge in [-0.1, -0.05) is 18.9 Å². The van der Waals surface area contributed by atoms with E-state index in [4.69, 9.17) is 11.5 Å². The van der Waals surface area contributed by atoms with Crippen LogP contribution in [0, 0.1) is 12.3 Å². The third-order valence-electron chi connectivity index (χ3n) is 2.42. The van der Waals surface area contributed by atoms with Crippen LogP contribution in [-0.2, 0) is 0 Å². The minimum Gasteiger partial charge on any atom is -0.478 e. The number of carboxylic acid groups (broad SMARTS) is 1. The lowest BCUT2D eigenvalue weighted by Gasteiger charge is -2.19. The van der Waals surface area contributed by atoms with Crippen LogP contribution in [0.2, 0.25) is 0 Å². The number of rotatable bonds is 5. The van der Waals surface area contributed by atoms with Crippen molar-refractivity contribution in [3.05, 3.63) is 35.4 Å². The van der Waals surface area contributed by atoms with Crippen molar-refractivity contribution in [1.82, 2.24) is 4.90 Å². The maximum atomic E-state index is 12.1. The van der Waals surface area contributed by atoms with E-state index in [9.17, 15) is 9.59 Å². The van der Waals surface area contributed by atoms with Crippen LogP contribution < -0.4 is 0 Å². The van der Waals surface area contributed by atoms with Gasteiger partial charge < -0.3 is 10.0 Å². The average molecular weight is 245 g/mol. The van der Waals surface area contributed by atoms with Gasteiger partial charge in [0.05, 0.1) is 12.1 Å². The van der Waals surface area contributed by atoms with E-state index >= 15 is 0 Å². The van der Waals surface area contributed by atoms with Gasteiger partial charge in [-0.25, -0.2) is 4.79 Å². The molecule has 1 N–H and O–H groups in total. The highest BCUT2D eigenvalue weighted by Gasteiger charge is 2.15. The molecule has 0 aromatic heterocycles. The lowest BCUT2D eigenvalue weighted by molar-refractivity contribution is 0.0697. The summed E-state index contributed by atoms with van der Waals surface area (Å²) in [6.07, 6.45) is 6.01. The Hall–Kier alpha value is -2.28. The van der Waals surface area contributed by atoms with Crippen LogP contribution in [0.4, 0.5) is 0 Å². The second-order valence-electron chi connectivity index (χ2n) is 3.82. The molecule has 1 amide bonds. The van der Waals surface area contributed by atoms with Gasteiger partial charge in [-0.2, -0.15) is 0 Å². The summed E-state index contributed by atoms with van der Waals surface area (Å²) < 4.78 is 0. The predicted octanol–water partition coefficient (Wildman–Crippen LogP) is 1.87. The topological polar surface area (TPSA) is 57.6 Å². The van der Waals surface area contributed by atoms with Crippen molar-refractivity contribution in [2.45, 2.75) is 13.3 Å². The fourth-order valence-corrected chi connectivity index (χ4v) is 1.60. The Kier molecular flexibility index (Phi) is 4.94. The minimum absolute atomic E-state index is 0.0954. The van der Waals surface area contributed by atoms with Crippen molar-refractivity contribution in [3.8, 4) is 12.3 Å². The third kappa shape index (κ3) is 3.36. The number of nitrogens with zero attached hydrogens (tertiary/aromatic N) is 1. The molecular weight excluding hydrogens is 230 g/mol. The van der Waals surface area contributed by atoms with Crippen LogP contribution in [0.15, 0.2) is 24.3 Å². The Morgan fingerprint density at radius 2 is 2.06 bits per heavy atom. The predicted molar refractivity (Wildman–Crippen MR) is 68.4 cm³/mol. The number of hydrogen-bond acceptors (Lipinski definition) is 2. The summed E-state index contributed by atoms with van der Waals surface area (Å²) in [6, 6.07) is 5.96. The highest BCUT2D eigenvalue weighted by Crippen LogP contribution is 2.09. The molecule has 0 spiro atoms. The van der Waals surface area contributed by atoms with Gasteiger partial charge in [-0.05, 0) is 24.6 Å². The fraction of sp³-hybridized carbons (Fsp3) is 0.286. The Morgan fingerprint density at radius 1 is 1.39 bits per heavy atom. The van der Waals surface area contributed by atoms with E-state index in [-0.39, 0.29) is 18.0 Å². The number of hydrogen-bond donors (Lipinski definition) is 1. The van der Waals surface area contributed by atoms with E-state index in [1.165, 1.54) is 17.0 Å². The third-order valence-corrected chi connectivity index (χ3v) is 2.42. The molecule has 1 rings (SSSR count). The molecule has 0 atom stereocenters. The SMILES string of the molecule is C#CCN(CCC)C(=O)c1cccc(C(=O)O)c1. The molecule has 1 aromatic rings. The van der Waals surface area contributed by atoms with E-state index in [0.717, 1.165) is 6.42 Å². The summed E-state index contributed by atoms with van der Waals surface area (Å²) >= 11 is 0. The molecule has 0 aliphatic rings. The van der Waals surface area contributed by atoms with Gasteiger partial charge in [-0.3, -0.25) is 4.79 Å². The Morgan fingerprint density at radius 3 is 2.61 bits per heavy atom. The first kappa shape index (κ1) is 13.8. The van der Waals surface area contributed by atoms with Crippen molar-refractivity contribution in [2.75, 3.05) is 13.1 Å². The van der Waals surface area contributed by atoms with Gasteiger partial charge in [0.15, 0.2) is 0 Å². The first-order chi connectivity index (χ1) is 8.60. The smallest absolute Gasteiger partial charge is 0.335 e. The molecule has 0 bridgehead atoms. The summed E-state index contributed by atoms with van der Waals surface area (Å²) in [5, 5.41) is 8.88. The Bertz CT molecular complexity index is 488. The van der Waals surface area contributed by atoms with Gasteiger partial charge in [-0.15, -0.1) is 6.42 Å². The van der Waals surface area contributed by atoms with Gasteiger partial charge in [0.2, 0.25) is 0 Å². The molecule has 0 fully saturated rings. The van der Waals surface area contributed by atoms with Gasteiger partial charge in [0.1, 0.15) is 0 Å². The largest absolute Gasteiger partial charge is 0.478 e. The summed E-state index contributed by atoms with van der Waals surface area (Å²) in [5.74, 6) is 1.14. The molecule has 0 saturated carbocycles. The molecule has 0 radical (unpaired) electrons. The highest BCUT2D eigenvalue weighted by molar-refractivity contribution is 5.97. The molecule has 4 heteroatoms.